The van der Waals surface area contributed by atoms with Gasteiger partial charge in [-0.25, -0.2) is 0 Å². The van der Waals surface area contributed by atoms with Crippen LogP contribution in [0.4, 0.5) is 32.0 Å². The molecule has 0 bridgehead atoms. The van der Waals surface area contributed by atoms with Crippen molar-refractivity contribution in [1.82, 2.24) is 5.16 Å². The van der Waals surface area contributed by atoms with Crippen molar-refractivity contribution < 1.29 is 40.4 Å². The first-order chi connectivity index (χ1) is 15.9. The van der Waals surface area contributed by atoms with E-state index >= 15 is 0 Å². The van der Waals surface area contributed by atoms with E-state index in [-0.39, 0.29) is 17.5 Å². The number of hydrazone groups is 1. The third-order valence-electron chi connectivity index (χ3n) is 4.32. The summed E-state index contributed by atoms with van der Waals surface area (Å²) in [6.45, 7) is 0. The Morgan fingerprint density at radius 3 is 2.12 bits per heavy atom. The average Bonchev–Trinajstić information content (AvgIpc) is 3.28. The molecule has 0 fully saturated rings. The van der Waals surface area contributed by atoms with Crippen molar-refractivity contribution in [2.24, 2.45) is 5.10 Å². The van der Waals surface area contributed by atoms with E-state index in [1.807, 2.05) is 5.43 Å². The van der Waals surface area contributed by atoms with Crippen molar-refractivity contribution >= 4 is 17.2 Å². The fraction of sp³-hybridized carbons (Fsp3) is 0.143. The Bertz CT molecular complexity index is 1240. The number of hydrogen-bond acceptors (Lipinski definition) is 7. The van der Waals surface area contributed by atoms with Gasteiger partial charge in [0, 0.05) is 11.6 Å². The molecule has 0 aliphatic heterocycles. The Hall–Kier alpha value is -4.34. The lowest BCUT2D eigenvalue weighted by Gasteiger charge is -2.13. The van der Waals surface area contributed by atoms with E-state index in [4.69, 9.17) is 9.26 Å². The first kappa shape index (κ1) is 24.3. The van der Waals surface area contributed by atoms with E-state index < -0.39 is 40.7 Å². The highest BCUT2D eigenvalue weighted by molar-refractivity contribution is 6.51. The van der Waals surface area contributed by atoms with E-state index in [1.165, 1.54) is 19.2 Å². The van der Waals surface area contributed by atoms with Gasteiger partial charge in [0.25, 0.3) is 0 Å². The van der Waals surface area contributed by atoms with Gasteiger partial charge < -0.3 is 9.26 Å². The Morgan fingerprint density at radius 1 is 1.03 bits per heavy atom. The minimum absolute atomic E-state index is 0.0681. The molecule has 3 aromatic rings. The van der Waals surface area contributed by atoms with Crippen LogP contribution in [0, 0.1) is 11.3 Å². The van der Waals surface area contributed by atoms with Crippen LogP contribution in [-0.4, -0.2) is 23.8 Å². The summed E-state index contributed by atoms with van der Waals surface area (Å²) >= 11 is 0. The topological polar surface area (TPSA) is 101 Å². The number of carbonyl (C=O) groups is 1. The number of Topliss-reactive ketones (excluding diaryl/α,β-unsaturated/α-hetero) is 1. The summed E-state index contributed by atoms with van der Waals surface area (Å²) in [5.41, 5.74) is -2.73. The second-order valence-electron chi connectivity index (χ2n) is 6.61. The highest BCUT2D eigenvalue weighted by Gasteiger charge is 2.37. The highest BCUT2D eigenvalue weighted by Crippen LogP contribution is 2.37. The number of alkyl halides is 6. The van der Waals surface area contributed by atoms with Crippen molar-refractivity contribution in [2.75, 3.05) is 12.5 Å². The molecule has 0 radical (unpaired) electrons. The van der Waals surface area contributed by atoms with Crippen LogP contribution in [0.25, 0.3) is 11.3 Å². The van der Waals surface area contributed by atoms with E-state index in [9.17, 15) is 36.4 Å². The second-order valence-corrected chi connectivity index (χ2v) is 6.61. The number of rotatable bonds is 6. The van der Waals surface area contributed by atoms with Crippen molar-refractivity contribution in [3.05, 3.63) is 65.4 Å². The molecule has 0 atom stereocenters. The highest BCUT2D eigenvalue weighted by atomic mass is 19.4. The van der Waals surface area contributed by atoms with Gasteiger partial charge in [-0.2, -0.15) is 36.7 Å². The fourth-order valence-corrected chi connectivity index (χ4v) is 2.66. The van der Waals surface area contributed by atoms with Gasteiger partial charge in [0.2, 0.25) is 11.5 Å². The zero-order chi connectivity index (χ0) is 25.1. The number of methoxy groups -OCH3 is 1. The largest absolute Gasteiger partial charge is 0.497 e. The van der Waals surface area contributed by atoms with Gasteiger partial charge in [-0.3, -0.25) is 10.2 Å². The van der Waals surface area contributed by atoms with Gasteiger partial charge in [0.05, 0.1) is 23.9 Å². The molecule has 1 heterocycles. The van der Waals surface area contributed by atoms with Crippen LogP contribution in [0.3, 0.4) is 0 Å². The zero-order valence-corrected chi connectivity index (χ0v) is 17.0. The van der Waals surface area contributed by atoms with Gasteiger partial charge in [-0.05, 0) is 42.5 Å². The number of nitrogens with one attached hydrogen (secondary N) is 1. The number of benzene rings is 2. The standard InChI is InChI=1S/C21H12F6N4O3/c1-33-15-4-2-11(3-5-15)18-9-16(31-34-18)19(32)17(10-28)30-29-14-7-12(20(22,23)24)6-13(8-14)21(25,26)27/h2-9,29H,1H3/b30-17+. The van der Waals surface area contributed by atoms with Gasteiger partial charge in [-0.15, -0.1) is 0 Å². The number of halogens is 6. The number of ketones is 1. The van der Waals surface area contributed by atoms with Gasteiger partial charge in [0.1, 0.15) is 11.8 Å². The van der Waals surface area contributed by atoms with Gasteiger partial charge in [-0.1, -0.05) is 5.16 Å². The summed E-state index contributed by atoms with van der Waals surface area (Å²) in [5, 5.41) is 16.1. The lowest BCUT2D eigenvalue weighted by molar-refractivity contribution is -0.143. The maximum Gasteiger partial charge on any atom is 0.416 e. The Kier molecular flexibility index (Phi) is 6.62. The summed E-state index contributed by atoms with van der Waals surface area (Å²) in [5.74, 6) is -0.349. The third kappa shape index (κ3) is 5.52. The lowest BCUT2D eigenvalue weighted by Crippen LogP contribution is -2.15. The van der Waals surface area contributed by atoms with Crippen molar-refractivity contribution in [3.8, 4) is 23.1 Å². The number of nitriles is 1. The average molecular weight is 482 g/mol. The lowest BCUT2D eigenvalue weighted by atomic mass is 10.1. The van der Waals surface area contributed by atoms with Gasteiger partial charge >= 0.3 is 12.4 Å². The summed E-state index contributed by atoms with van der Waals surface area (Å²) in [4.78, 5) is 12.5. The van der Waals surface area contributed by atoms with E-state index in [0.29, 0.717) is 23.4 Å². The molecule has 13 heteroatoms. The van der Waals surface area contributed by atoms with E-state index in [1.54, 1.807) is 24.3 Å². The van der Waals surface area contributed by atoms with E-state index in [0.717, 1.165) is 0 Å². The molecule has 7 nitrogen and oxygen atoms in total. The van der Waals surface area contributed by atoms with Crippen LogP contribution in [-0.2, 0) is 12.4 Å². The van der Waals surface area contributed by atoms with Crippen LogP contribution < -0.4 is 10.2 Å². The first-order valence-corrected chi connectivity index (χ1v) is 9.11. The maximum absolute atomic E-state index is 13.0. The van der Waals surface area contributed by atoms with Crippen LogP contribution in [0.15, 0.2) is 58.2 Å². The number of aromatic nitrogens is 1. The van der Waals surface area contributed by atoms with Crippen molar-refractivity contribution in [2.45, 2.75) is 12.4 Å². The quantitative estimate of drug-likeness (QED) is 0.214. The number of ether oxygens (including phenoxy) is 1. The molecule has 1 aromatic heterocycles. The molecule has 1 N–H and O–H groups in total. The number of nitrogens with zero attached hydrogens (tertiary/aromatic N) is 3. The SMILES string of the molecule is COc1ccc(-c2cc(C(=O)/C(C#N)=N/Nc3cc(C(F)(F)F)cc(C(F)(F)F)c3)no2)cc1. The molecule has 2 aromatic carbocycles. The monoisotopic (exact) mass is 482 g/mol. The molecular formula is C21H12F6N4O3. The molecule has 3 rings (SSSR count). The van der Waals surface area contributed by atoms with Crippen LogP contribution in [0.5, 0.6) is 5.75 Å². The molecule has 0 saturated heterocycles. The number of carbonyl (C=O) groups excluding carboxylic acids is 1. The molecule has 176 valence electrons. The summed E-state index contributed by atoms with van der Waals surface area (Å²) in [6, 6.07) is 9.73. The molecular weight excluding hydrogens is 470 g/mol. The molecule has 34 heavy (non-hydrogen) atoms. The fourth-order valence-electron chi connectivity index (χ4n) is 2.66. The van der Waals surface area contributed by atoms with Crippen LogP contribution in [0.1, 0.15) is 21.6 Å². The zero-order valence-electron chi connectivity index (χ0n) is 17.0. The minimum atomic E-state index is -5.08. The van der Waals surface area contributed by atoms with Crippen molar-refractivity contribution in [3.63, 3.8) is 0 Å². The third-order valence-corrected chi connectivity index (χ3v) is 4.32. The molecule has 0 saturated carbocycles. The molecule has 0 aliphatic rings. The molecule has 0 amide bonds. The number of hydrogen-bond donors (Lipinski definition) is 1. The van der Waals surface area contributed by atoms with Crippen LogP contribution in [0.2, 0.25) is 0 Å². The molecule has 0 aliphatic carbocycles. The van der Waals surface area contributed by atoms with E-state index in [2.05, 4.69) is 10.3 Å². The smallest absolute Gasteiger partial charge is 0.416 e. The van der Waals surface area contributed by atoms with Crippen LogP contribution >= 0.6 is 0 Å². The number of anilines is 1. The van der Waals surface area contributed by atoms with Gasteiger partial charge in [0.15, 0.2) is 11.5 Å². The Labute approximate surface area is 187 Å². The Morgan fingerprint density at radius 2 is 1.62 bits per heavy atom. The second kappa shape index (κ2) is 9.26. The predicted octanol–water partition coefficient (Wildman–Crippen LogP) is 5.56. The minimum Gasteiger partial charge on any atom is -0.497 e. The normalized spacial score (nSPS) is 12.2. The predicted molar refractivity (Wildman–Crippen MR) is 106 cm³/mol. The summed E-state index contributed by atoms with van der Waals surface area (Å²) in [6.07, 6.45) is -10.2. The maximum atomic E-state index is 13.0. The summed E-state index contributed by atoms with van der Waals surface area (Å²) < 4.78 is 87.9. The summed E-state index contributed by atoms with van der Waals surface area (Å²) in [7, 11) is 1.47. The molecule has 0 spiro atoms. The van der Waals surface area contributed by atoms with Crippen molar-refractivity contribution in [1.29, 1.82) is 5.26 Å². The Balaban J connectivity index is 1.86. The first-order valence-electron chi connectivity index (χ1n) is 9.11. The molecule has 0 unspecified atom stereocenters.